The Morgan fingerprint density at radius 1 is 1.35 bits per heavy atom. The number of hydrogen-bond acceptors (Lipinski definition) is 5. The van der Waals surface area contributed by atoms with Crippen molar-refractivity contribution in [1.82, 2.24) is 4.98 Å². The van der Waals surface area contributed by atoms with Gasteiger partial charge in [0, 0.05) is 5.69 Å². The molecule has 5 nitrogen and oxygen atoms in total. The van der Waals surface area contributed by atoms with Crippen molar-refractivity contribution in [2.75, 3.05) is 5.32 Å². The number of hydrogen-bond donors (Lipinski definition) is 1. The highest BCUT2D eigenvalue weighted by Crippen LogP contribution is 2.27. The number of carbonyl (C=O) groups excluding carboxylic acids is 2. The molecule has 1 aromatic carbocycles. The summed E-state index contributed by atoms with van der Waals surface area (Å²) in [6.45, 7) is 7.30. The summed E-state index contributed by atoms with van der Waals surface area (Å²) in [5.41, 5.74) is 3.27. The zero-order valence-electron chi connectivity index (χ0n) is 13.6. The molecule has 0 bridgehead atoms. The molecule has 0 aliphatic carbocycles. The van der Waals surface area contributed by atoms with E-state index in [1.807, 2.05) is 32.0 Å². The van der Waals surface area contributed by atoms with Gasteiger partial charge < -0.3 is 15.2 Å². The van der Waals surface area contributed by atoms with E-state index in [0.717, 1.165) is 34.6 Å². The SMILES string of the molecule is CCc1cccc(C)c1NC(=O)[C@@H](C)c1nc(C)c(C(=O)[O-])s1. The van der Waals surface area contributed by atoms with Crippen LogP contribution in [0.1, 0.15) is 51.3 Å². The van der Waals surface area contributed by atoms with Crippen LogP contribution in [0.2, 0.25) is 0 Å². The van der Waals surface area contributed by atoms with Gasteiger partial charge in [0.2, 0.25) is 5.91 Å². The summed E-state index contributed by atoms with van der Waals surface area (Å²) in [5.74, 6) is -1.99. The Morgan fingerprint density at radius 3 is 2.61 bits per heavy atom. The van der Waals surface area contributed by atoms with E-state index in [1.165, 1.54) is 0 Å². The Kier molecular flexibility index (Phi) is 5.15. The Balaban J connectivity index is 2.24. The Morgan fingerprint density at radius 2 is 2.04 bits per heavy atom. The Bertz CT molecular complexity index is 752. The average Bonchev–Trinajstić information content (AvgIpc) is 2.90. The van der Waals surface area contributed by atoms with Crippen molar-refractivity contribution < 1.29 is 14.7 Å². The minimum absolute atomic E-state index is 0.0739. The number of benzene rings is 1. The van der Waals surface area contributed by atoms with Crippen molar-refractivity contribution in [2.45, 2.75) is 40.0 Å². The molecule has 1 aromatic heterocycles. The third-order valence-electron chi connectivity index (χ3n) is 3.75. The lowest BCUT2D eigenvalue weighted by Gasteiger charge is -2.15. The maximum absolute atomic E-state index is 12.5. The topological polar surface area (TPSA) is 82.1 Å². The van der Waals surface area contributed by atoms with E-state index in [-0.39, 0.29) is 10.8 Å². The van der Waals surface area contributed by atoms with Crippen LogP contribution in [0.15, 0.2) is 18.2 Å². The van der Waals surface area contributed by atoms with Crippen LogP contribution in [0, 0.1) is 13.8 Å². The van der Waals surface area contributed by atoms with Crippen LogP contribution >= 0.6 is 11.3 Å². The zero-order valence-corrected chi connectivity index (χ0v) is 14.4. The molecule has 122 valence electrons. The van der Waals surface area contributed by atoms with E-state index in [0.29, 0.717) is 10.7 Å². The number of aromatic nitrogens is 1. The number of anilines is 1. The molecule has 1 atom stereocenters. The molecule has 0 aliphatic heterocycles. The quantitative estimate of drug-likeness (QED) is 0.912. The second-order valence-corrected chi connectivity index (χ2v) is 6.46. The number of nitrogens with zero attached hydrogens (tertiary/aromatic N) is 1. The number of para-hydroxylation sites is 1. The van der Waals surface area contributed by atoms with Crippen LogP contribution in [0.4, 0.5) is 5.69 Å². The molecule has 0 fully saturated rings. The normalized spacial score (nSPS) is 12.0. The number of carboxylic acid groups (broad SMARTS) is 1. The lowest BCUT2D eigenvalue weighted by atomic mass is 10.0. The smallest absolute Gasteiger partial charge is 0.234 e. The van der Waals surface area contributed by atoms with Gasteiger partial charge >= 0.3 is 0 Å². The number of aromatic carboxylic acids is 1. The van der Waals surface area contributed by atoms with Gasteiger partial charge in [0.1, 0.15) is 5.01 Å². The molecule has 2 rings (SSSR count). The van der Waals surface area contributed by atoms with Gasteiger partial charge in [-0.2, -0.15) is 0 Å². The minimum Gasteiger partial charge on any atom is -0.544 e. The van der Waals surface area contributed by atoms with E-state index in [9.17, 15) is 14.7 Å². The van der Waals surface area contributed by atoms with Crippen molar-refractivity contribution in [3.8, 4) is 0 Å². The van der Waals surface area contributed by atoms with Crippen LogP contribution < -0.4 is 10.4 Å². The van der Waals surface area contributed by atoms with E-state index in [2.05, 4.69) is 10.3 Å². The van der Waals surface area contributed by atoms with E-state index < -0.39 is 11.9 Å². The highest BCUT2D eigenvalue weighted by Gasteiger charge is 2.22. The van der Waals surface area contributed by atoms with E-state index in [1.54, 1.807) is 13.8 Å². The zero-order chi connectivity index (χ0) is 17.1. The van der Waals surface area contributed by atoms with Gasteiger partial charge in [0.25, 0.3) is 0 Å². The number of carbonyl (C=O) groups is 2. The molecular formula is C17H19N2O3S-. The lowest BCUT2D eigenvalue weighted by molar-refractivity contribution is -0.254. The number of amides is 1. The molecule has 1 heterocycles. The monoisotopic (exact) mass is 331 g/mol. The maximum Gasteiger partial charge on any atom is 0.234 e. The standard InChI is InChI=1S/C17H20N2O3S/c1-5-12-8-6-7-9(2)13(12)19-15(20)10(3)16-18-11(4)14(23-16)17(21)22/h6-8,10H,5H2,1-4H3,(H,19,20)(H,21,22)/p-1/t10-/m1/s1. The predicted octanol–water partition coefficient (Wildman–Crippen LogP) is 2.43. The highest BCUT2D eigenvalue weighted by atomic mass is 32.1. The molecule has 0 radical (unpaired) electrons. The average molecular weight is 331 g/mol. The fourth-order valence-electron chi connectivity index (χ4n) is 2.34. The molecule has 0 aliphatic rings. The summed E-state index contributed by atoms with van der Waals surface area (Å²) in [4.78, 5) is 27.8. The lowest BCUT2D eigenvalue weighted by Crippen LogP contribution is -2.21. The molecule has 1 N–H and O–H groups in total. The number of thiazole rings is 1. The fourth-order valence-corrected chi connectivity index (χ4v) is 3.29. The van der Waals surface area contributed by atoms with Crippen molar-refractivity contribution in [1.29, 1.82) is 0 Å². The van der Waals surface area contributed by atoms with Crippen LogP contribution in [-0.2, 0) is 11.2 Å². The van der Waals surface area contributed by atoms with Crippen molar-refractivity contribution in [3.05, 3.63) is 44.9 Å². The fraction of sp³-hybridized carbons (Fsp3) is 0.353. The largest absolute Gasteiger partial charge is 0.544 e. The first kappa shape index (κ1) is 17.1. The molecule has 0 unspecified atom stereocenters. The van der Waals surface area contributed by atoms with Crippen LogP contribution in [0.3, 0.4) is 0 Å². The summed E-state index contributed by atoms with van der Waals surface area (Å²) in [6.07, 6.45) is 0.816. The molecule has 23 heavy (non-hydrogen) atoms. The van der Waals surface area contributed by atoms with Gasteiger partial charge in [-0.3, -0.25) is 4.79 Å². The molecule has 1 amide bonds. The minimum atomic E-state index is -1.26. The molecule has 0 saturated heterocycles. The van der Waals surface area contributed by atoms with Crippen molar-refractivity contribution in [3.63, 3.8) is 0 Å². The highest BCUT2D eigenvalue weighted by molar-refractivity contribution is 7.13. The first-order chi connectivity index (χ1) is 10.8. The summed E-state index contributed by atoms with van der Waals surface area (Å²) < 4.78 is 0. The van der Waals surface area contributed by atoms with Crippen molar-refractivity contribution in [2.24, 2.45) is 0 Å². The molecular weight excluding hydrogens is 312 g/mol. The summed E-state index contributed by atoms with van der Waals surface area (Å²) in [5, 5.41) is 14.4. The Hall–Kier alpha value is -2.21. The third-order valence-corrected chi connectivity index (χ3v) is 5.07. The van der Waals surface area contributed by atoms with Crippen LogP contribution in [0.5, 0.6) is 0 Å². The number of aryl methyl sites for hydroxylation is 3. The van der Waals surface area contributed by atoms with Gasteiger partial charge in [0.05, 0.1) is 22.5 Å². The van der Waals surface area contributed by atoms with Gasteiger partial charge in [-0.15, -0.1) is 11.3 Å². The van der Waals surface area contributed by atoms with Crippen LogP contribution in [0.25, 0.3) is 0 Å². The molecule has 2 aromatic rings. The van der Waals surface area contributed by atoms with E-state index >= 15 is 0 Å². The summed E-state index contributed by atoms with van der Waals surface area (Å²) in [7, 11) is 0. The second-order valence-electron chi connectivity index (χ2n) is 5.43. The predicted molar refractivity (Wildman–Crippen MR) is 88.8 cm³/mol. The van der Waals surface area contributed by atoms with Gasteiger partial charge in [0.15, 0.2) is 0 Å². The Labute approximate surface area is 139 Å². The third kappa shape index (κ3) is 3.59. The van der Waals surface area contributed by atoms with Gasteiger partial charge in [-0.05, 0) is 38.3 Å². The van der Waals surface area contributed by atoms with Gasteiger partial charge in [-0.1, -0.05) is 25.1 Å². The number of carboxylic acids is 1. The number of nitrogens with one attached hydrogen (secondary N) is 1. The molecule has 0 saturated carbocycles. The van der Waals surface area contributed by atoms with Gasteiger partial charge in [-0.25, -0.2) is 4.98 Å². The first-order valence-corrected chi connectivity index (χ1v) is 8.24. The van der Waals surface area contributed by atoms with Crippen LogP contribution in [-0.4, -0.2) is 16.9 Å². The molecule has 6 heteroatoms. The summed E-state index contributed by atoms with van der Waals surface area (Å²) in [6, 6.07) is 5.89. The van der Waals surface area contributed by atoms with E-state index in [4.69, 9.17) is 0 Å². The number of rotatable bonds is 5. The second kappa shape index (κ2) is 6.91. The maximum atomic E-state index is 12.5. The molecule has 0 spiro atoms. The van der Waals surface area contributed by atoms with Crippen molar-refractivity contribution >= 4 is 28.9 Å². The summed E-state index contributed by atoms with van der Waals surface area (Å²) >= 11 is 0.995. The first-order valence-electron chi connectivity index (χ1n) is 7.43.